The zero-order valence-electron chi connectivity index (χ0n) is 21.3. The van der Waals surface area contributed by atoms with Gasteiger partial charge in [0.1, 0.15) is 11.6 Å². The van der Waals surface area contributed by atoms with Crippen LogP contribution in [0.1, 0.15) is 22.3 Å². The molecule has 0 atom stereocenters. The van der Waals surface area contributed by atoms with Gasteiger partial charge in [-0.15, -0.1) is 0 Å². The first kappa shape index (κ1) is 25.3. The number of anilines is 1. The van der Waals surface area contributed by atoms with Crippen LogP contribution in [0.25, 0.3) is 17.3 Å². The number of amides is 1. The van der Waals surface area contributed by atoms with E-state index in [1.165, 1.54) is 0 Å². The Labute approximate surface area is 216 Å². The average Bonchev–Trinajstić information content (AvgIpc) is 3.31. The molecule has 0 aliphatic rings. The summed E-state index contributed by atoms with van der Waals surface area (Å²) in [5, 5.41) is 17.5. The Kier molecular flexibility index (Phi) is 7.70. The fourth-order valence-electron chi connectivity index (χ4n) is 3.98. The summed E-state index contributed by atoms with van der Waals surface area (Å²) in [5.41, 5.74) is 5.75. The number of ether oxygens (including phenoxy) is 2. The van der Waals surface area contributed by atoms with Gasteiger partial charge in [-0.1, -0.05) is 42.5 Å². The molecule has 0 aliphatic carbocycles. The highest BCUT2D eigenvalue weighted by Crippen LogP contribution is 2.34. The van der Waals surface area contributed by atoms with Crippen molar-refractivity contribution in [2.75, 3.05) is 19.5 Å². The van der Waals surface area contributed by atoms with Crippen LogP contribution in [0.3, 0.4) is 0 Å². The van der Waals surface area contributed by atoms with E-state index in [0.717, 1.165) is 22.3 Å². The van der Waals surface area contributed by atoms with Crippen molar-refractivity contribution < 1.29 is 14.3 Å². The van der Waals surface area contributed by atoms with Crippen LogP contribution in [0.2, 0.25) is 0 Å². The van der Waals surface area contributed by atoms with E-state index in [-0.39, 0.29) is 5.57 Å². The van der Waals surface area contributed by atoms with Crippen LogP contribution in [-0.2, 0) is 11.3 Å². The molecule has 37 heavy (non-hydrogen) atoms. The molecule has 0 fully saturated rings. The van der Waals surface area contributed by atoms with Crippen LogP contribution in [0.5, 0.6) is 11.5 Å². The van der Waals surface area contributed by atoms with Crippen molar-refractivity contribution in [1.82, 2.24) is 9.78 Å². The number of aromatic nitrogens is 2. The van der Waals surface area contributed by atoms with Gasteiger partial charge >= 0.3 is 0 Å². The molecule has 0 bridgehead atoms. The largest absolute Gasteiger partial charge is 0.493 e. The maximum Gasteiger partial charge on any atom is 0.266 e. The number of carbonyl (C=O) groups excluding carboxylic acids is 1. The van der Waals surface area contributed by atoms with Crippen LogP contribution < -0.4 is 14.8 Å². The molecule has 1 aromatic heterocycles. The first-order valence-corrected chi connectivity index (χ1v) is 11.8. The summed E-state index contributed by atoms with van der Waals surface area (Å²) in [6.45, 7) is 4.44. The third-order valence-corrected chi connectivity index (χ3v) is 6.15. The van der Waals surface area contributed by atoms with Crippen molar-refractivity contribution in [1.29, 1.82) is 5.26 Å². The second-order valence-electron chi connectivity index (χ2n) is 8.56. The molecule has 7 nitrogen and oxygen atoms in total. The van der Waals surface area contributed by atoms with E-state index < -0.39 is 5.91 Å². The van der Waals surface area contributed by atoms with Crippen molar-refractivity contribution in [2.45, 2.75) is 20.4 Å². The number of carbonyl (C=O) groups is 1. The fourth-order valence-corrected chi connectivity index (χ4v) is 3.98. The minimum absolute atomic E-state index is 0.0260. The summed E-state index contributed by atoms with van der Waals surface area (Å²) >= 11 is 0. The molecule has 1 N–H and O–H groups in total. The average molecular weight is 493 g/mol. The first-order valence-electron chi connectivity index (χ1n) is 11.8. The van der Waals surface area contributed by atoms with Gasteiger partial charge in [0.15, 0.2) is 11.5 Å². The number of nitrogens with zero attached hydrogens (tertiary/aromatic N) is 3. The highest BCUT2D eigenvalue weighted by molar-refractivity contribution is 6.10. The third kappa shape index (κ3) is 5.71. The summed E-state index contributed by atoms with van der Waals surface area (Å²) in [6, 6.07) is 23.2. The van der Waals surface area contributed by atoms with Gasteiger partial charge in [-0.2, -0.15) is 10.4 Å². The summed E-state index contributed by atoms with van der Waals surface area (Å²) in [6.07, 6.45) is 3.41. The number of nitriles is 1. The van der Waals surface area contributed by atoms with E-state index in [0.29, 0.717) is 35.0 Å². The van der Waals surface area contributed by atoms with Gasteiger partial charge in [-0.05, 0) is 60.9 Å². The highest BCUT2D eigenvalue weighted by Gasteiger charge is 2.17. The molecular formula is C30H28N4O3. The third-order valence-electron chi connectivity index (χ3n) is 6.15. The summed E-state index contributed by atoms with van der Waals surface area (Å²) in [5.74, 6) is 0.670. The van der Waals surface area contributed by atoms with Crippen LogP contribution in [0, 0.1) is 25.2 Å². The molecule has 4 rings (SSSR count). The molecule has 1 amide bonds. The van der Waals surface area contributed by atoms with Gasteiger partial charge in [0, 0.05) is 23.0 Å². The lowest BCUT2D eigenvalue weighted by molar-refractivity contribution is -0.112. The number of hydrogen-bond acceptors (Lipinski definition) is 5. The zero-order chi connectivity index (χ0) is 26.4. The second-order valence-corrected chi connectivity index (χ2v) is 8.56. The number of hydrogen-bond donors (Lipinski definition) is 1. The van der Waals surface area contributed by atoms with Crippen LogP contribution in [-0.4, -0.2) is 29.9 Å². The Morgan fingerprint density at radius 1 is 1.03 bits per heavy atom. The lowest BCUT2D eigenvalue weighted by Gasteiger charge is -2.10. The smallest absolute Gasteiger partial charge is 0.266 e. The van der Waals surface area contributed by atoms with Gasteiger partial charge in [0.25, 0.3) is 5.91 Å². The quantitative estimate of drug-likeness (QED) is 0.249. The topological polar surface area (TPSA) is 89.2 Å². The Balaban J connectivity index is 1.75. The van der Waals surface area contributed by atoms with Crippen molar-refractivity contribution in [3.63, 3.8) is 0 Å². The van der Waals surface area contributed by atoms with Crippen LogP contribution >= 0.6 is 0 Å². The number of methoxy groups -OCH3 is 2. The van der Waals surface area contributed by atoms with Gasteiger partial charge in [0.2, 0.25) is 0 Å². The van der Waals surface area contributed by atoms with Crippen molar-refractivity contribution in [2.24, 2.45) is 0 Å². The summed E-state index contributed by atoms with van der Waals surface area (Å²) in [4.78, 5) is 13.1. The molecular weight excluding hydrogens is 464 g/mol. The SMILES string of the molecule is COc1ccc(-c2nn(Cc3ccccc3)cc2/C=C(\C#N)C(=O)Nc2cccc(C)c2C)cc1OC. The summed E-state index contributed by atoms with van der Waals surface area (Å²) < 4.78 is 12.6. The number of benzene rings is 3. The summed E-state index contributed by atoms with van der Waals surface area (Å²) in [7, 11) is 3.15. The van der Waals surface area contributed by atoms with E-state index in [9.17, 15) is 10.1 Å². The van der Waals surface area contributed by atoms with Gasteiger partial charge in [-0.3, -0.25) is 9.48 Å². The number of rotatable bonds is 8. The zero-order valence-corrected chi connectivity index (χ0v) is 21.3. The van der Waals surface area contributed by atoms with Crippen molar-refractivity contribution in [3.05, 3.63) is 101 Å². The highest BCUT2D eigenvalue weighted by atomic mass is 16.5. The van der Waals surface area contributed by atoms with E-state index in [4.69, 9.17) is 14.6 Å². The van der Waals surface area contributed by atoms with E-state index >= 15 is 0 Å². The standard InChI is InChI=1S/C30H28N4O3/c1-20-9-8-12-26(21(20)2)32-30(35)24(17-31)15-25-19-34(18-22-10-6-5-7-11-22)33-29(25)23-13-14-27(36-3)28(16-23)37-4/h5-16,19H,18H2,1-4H3,(H,32,35)/b24-15+. The van der Waals surface area contributed by atoms with Crippen LogP contribution in [0.15, 0.2) is 78.5 Å². The maximum atomic E-state index is 13.1. The monoisotopic (exact) mass is 492 g/mol. The van der Waals surface area contributed by atoms with E-state index in [2.05, 4.69) is 11.4 Å². The van der Waals surface area contributed by atoms with Crippen molar-refractivity contribution >= 4 is 17.7 Å². The molecule has 0 radical (unpaired) electrons. The molecule has 0 saturated carbocycles. The molecule has 186 valence electrons. The first-order chi connectivity index (χ1) is 17.9. The molecule has 1 heterocycles. The van der Waals surface area contributed by atoms with Gasteiger partial charge in [-0.25, -0.2) is 0 Å². The Hall–Kier alpha value is -4.83. The Morgan fingerprint density at radius 2 is 1.78 bits per heavy atom. The Bertz CT molecular complexity index is 1500. The predicted molar refractivity (Wildman–Crippen MR) is 144 cm³/mol. The maximum absolute atomic E-state index is 13.1. The minimum Gasteiger partial charge on any atom is -0.493 e. The predicted octanol–water partition coefficient (Wildman–Crippen LogP) is 5.78. The van der Waals surface area contributed by atoms with Gasteiger partial charge < -0.3 is 14.8 Å². The Morgan fingerprint density at radius 3 is 2.49 bits per heavy atom. The lowest BCUT2D eigenvalue weighted by atomic mass is 10.0. The normalized spacial score (nSPS) is 11.1. The van der Waals surface area contributed by atoms with Crippen molar-refractivity contribution in [3.8, 4) is 28.8 Å². The molecule has 0 aliphatic heterocycles. The fraction of sp³-hybridized carbons (Fsp3) is 0.167. The minimum atomic E-state index is -0.481. The number of nitrogens with one attached hydrogen (secondary N) is 1. The molecule has 4 aromatic rings. The van der Waals surface area contributed by atoms with E-state index in [1.807, 2.05) is 80.7 Å². The second kappa shape index (κ2) is 11.3. The molecule has 0 spiro atoms. The molecule has 3 aromatic carbocycles. The van der Waals surface area contributed by atoms with E-state index in [1.54, 1.807) is 31.0 Å². The number of aryl methyl sites for hydroxylation is 1. The van der Waals surface area contributed by atoms with Gasteiger partial charge in [0.05, 0.1) is 26.5 Å². The lowest BCUT2D eigenvalue weighted by Crippen LogP contribution is -2.14. The molecule has 0 unspecified atom stereocenters. The molecule has 7 heteroatoms. The molecule has 0 saturated heterocycles. The van der Waals surface area contributed by atoms with Crippen LogP contribution in [0.4, 0.5) is 5.69 Å².